The van der Waals surface area contributed by atoms with Crippen molar-refractivity contribution in [1.29, 1.82) is 0 Å². The number of carboxylic acid groups (broad SMARTS) is 1. The minimum absolute atomic E-state index is 0.0365. The van der Waals surface area contributed by atoms with Crippen LogP contribution in [0.25, 0.3) is 10.9 Å². The molecule has 1 atom stereocenters. The molecule has 0 radical (unpaired) electrons. The maximum atomic E-state index is 13.5. The van der Waals surface area contributed by atoms with Crippen LogP contribution in [0.15, 0.2) is 36.5 Å². The van der Waals surface area contributed by atoms with Gasteiger partial charge < -0.3 is 15.6 Å². The van der Waals surface area contributed by atoms with Crippen LogP contribution in [0, 0.1) is 11.6 Å². The van der Waals surface area contributed by atoms with Crippen molar-refractivity contribution in [1.82, 2.24) is 9.97 Å². The van der Waals surface area contributed by atoms with Crippen LogP contribution in [0.5, 0.6) is 5.75 Å². The van der Waals surface area contributed by atoms with Crippen LogP contribution in [-0.4, -0.2) is 33.7 Å². The number of benzene rings is 1. The van der Waals surface area contributed by atoms with E-state index >= 15 is 0 Å². The molecule has 3 N–H and O–H groups in total. The number of carboxylic acids is 1. The number of fused-ring (bicyclic) bond motifs is 1. The lowest BCUT2D eigenvalue weighted by molar-refractivity contribution is 0.0694. The molecular weight excluding hydrogens is 380 g/mol. The Bertz CT molecular complexity index is 1020. The SMILES string of the molecule is N[C@@H](COc1ccc2ncc(F)cc2c1C(=O)O)Cc1ccc(F)c(Cl)n1. The first kappa shape index (κ1) is 18.9. The maximum absolute atomic E-state index is 13.5. The summed E-state index contributed by atoms with van der Waals surface area (Å²) in [7, 11) is 0. The van der Waals surface area contributed by atoms with Crippen molar-refractivity contribution in [3.05, 3.63) is 64.6 Å². The van der Waals surface area contributed by atoms with Gasteiger partial charge in [-0.3, -0.25) is 4.98 Å². The fourth-order valence-electron chi connectivity index (χ4n) is 2.59. The Morgan fingerprint density at radius 3 is 2.78 bits per heavy atom. The van der Waals surface area contributed by atoms with Crippen LogP contribution in [0.4, 0.5) is 8.78 Å². The van der Waals surface area contributed by atoms with E-state index in [-0.39, 0.29) is 34.9 Å². The Balaban J connectivity index is 1.78. The van der Waals surface area contributed by atoms with Crippen molar-refractivity contribution < 1.29 is 23.4 Å². The van der Waals surface area contributed by atoms with Gasteiger partial charge in [0, 0.05) is 23.5 Å². The van der Waals surface area contributed by atoms with Gasteiger partial charge in [-0.15, -0.1) is 0 Å². The molecule has 2 aromatic heterocycles. The number of aromatic carboxylic acids is 1. The van der Waals surface area contributed by atoms with Gasteiger partial charge in [0.25, 0.3) is 0 Å². The predicted molar refractivity (Wildman–Crippen MR) is 95.0 cm³/mol. The van der Waals surface area contributed by atoms with Crippen molar-refractivity contribution in [2.24, 2.45) is 5.73 Å². The van der Waals surface area contributed by atoms with Gasteiger partial charge in [-0.1, -0.05) is 11.6 Å². The lowest BCUT2D eigenvalue weighted by atomic mass is 10.1. The summed E-state index contributed by atoms with van der Waals surface area (Å²) in [5.74, 6) is -2.52. The average Bonchev–Trinajstić information content (AvgIpc) is 2.62. The molecule has 2 heterocycles. The Kier molecular flexibility index (Phi) is 5.48. The number of halogens is 3. The monoisotopic (exact) mass is 393 g/mol. The van der Waals surface area contributed by atoms with E-state index in [2.05, 4.69) is 9.97 Å². The Morgan fingerprint density at radius 1 is 1.30 bits per heavy atom. The first-order chi connectivity index (χ1) is 12.8. The van der Waals surface area contributed by atoms with Gasteiger partial charge in [0.1, 0.15) is 23.7 Å². The van der Waals surface area contributed by atoms with E-state index in [1.807, 2.05) is 0 Å². The summed E-state index contributed by atoms with van der Waals surface area (Å²) in [6, 6.07) is 6.14. The number of hydrogen-bond acceptors (Lipinski definition) is 5. The molecule has 0 aliphatic carbocycles. The highest BCUT2D eigenvalue weighted by Gasteiger charge is 2.18. The number of rotatable bonds is 6. The van der Waals surface area contributed by atoms with Gasteiger partial charge in [-0.05, 0) is 30.3 Å². The standard InChI is InChI=1S/C18H14ClF2N3O3/c19-17-13(21)2-1-11(24-17)6-10(22)8-27-15-4-3-14-12(16(15)18(25)26)5-9(20)7-23-14/h1-5,7,10H,6,8,22H2,(H,25,26)/t10-/m1/s1. The Morgan fingerprint density at radius 2 is 2.07 bits per heavy atom. The summed E-state index contributed by atoms with van der Waals surface area (Å²) in [4.78, 5) is 19.4. The summed E-state index contributed by atoms with van der Waals surface area (Å²) in [5.41, 5.74) is 6.59. The summed E-state index contributed by atoms with van der Waals surface area (Å²) < 4.78 is 32.2. The smallest absolute Gasteiger partial charge is 0.340 e. The Labute approximate surface area is 157 Å². The molecule has 0 aliphatic heterocycles. The second kappa shape index (κ2) is 7.81. The molecule has 0 unspecified atom stereocenters. The van der Waals surface area contributed by atoms with Gasteiger partial charge in [0.05, 0.1) is 11.7 Å². The minimum Gasteiger partial charge on any atom is -0.491 e. The van der Waals surface area contributed by atoms with Crippen LogP contribution in [0.2, 0.25) is 5.15 Å². The average molecular weight is 394 g/mol. The van der Waals surface area contributed by atoms with Crippen LogP contribution in [0.1, 0.15) is 16.1 Å². The largest absolute Gasteiger partial charge is 0.491 e. The molecule has 3 rings (SSSR count). The van der Waals surface area contributed by atoms with E-state index < -0.39 is 23.6 Å². The van der Waals surface area contributed by atoms with Crippen molar-refractivity contribution in [2.75, 3.05) is 6.61 Å². The van der Waals surface area contributed by atoms with Gasteiger partial charge in [-0.25, -0.2) is 18.6 Å². The normalized spacial score (nSPS) is 12.1. The highest BCUT2D eigenvalue weighted by Crippen LogP contribution is 2.28. The van der Waals surface area contributed by atoms with E-state index in [4.69, 9.17) is 22.1 Å². The molecule has 27 heavy (non-hydrogen) atoms. The molecule has 1 aromatic carbocycles. The second-order valence-electron chi connectivity index (χ2n) is 5.81. The van der Waals surface area contributed by atoms with Crippen LogP contribution < -0.4 is 10.5 Å². The van der Waals surface area contributed by atoms with E-state index in [0.29, 0.717) is 11.2 Å². The second-order valence-corrected chi connectivity index (χ2v) is 6.17. The number of hydrogen-bond donors (Lipinski definition) is 2. The molecule has 9 heteroatoms. The third-order valence-corrected chi connectivity index (χ3v) is 4.06. The predicted octanol–water partition coefficient (Wildman–Crippen LogP) is 3.21. The van der Waals surface area contributed by atoms with Crippen molar-refractivity contribution in [2.45, 2.75) is 12.5 Å². The molecule has 0 spiro atoms. The molecule has 6 nitrogen and oxygen atoms in total. The van der Waals surface area contributed by atoms with Crippen LogP contribution >= 0.6 is 11.6 Å². The molecule has 0 saturated carbocycles. The molecule has 0 bridgehead atoms. The molecule has 0 amide bonds. The molecule has 140 valence electrons. The molecule has 0 aliphatic rings. The summed E-state index contributed by atoms with van der Waals surface area (Å²) in [6.45, 7) is -0.0365. The van der Waals surface area contributed by atoms with Crippen LogP contribution in [0.3, 0.4) is 0 Å². The Hall–Kier alpha value is -2.84. The van der Waals surface area contributed by atoms with Crippen molar-refractivity contribution in [3.8, 4) is 5.75 Å². The molecule has 0 saturated heterocycles. The first-order valence-corrected chi connectivity index (χ1v) is 8.24. The topological polar surface area (TPSA) is 98.3 Å². The fourth-order valence-corrected chi connectivity index (χ4v) is 2.76. The highest BCUT2D eigenvalue weighted by atomic mass is 35.5. The minimum atomic E-state index is -1.27. The summed E-state index contributed by atoms with van der Waals surface area (Å²) >= 11 is 5.63. The molecular formula is C18H14ClF2N3O3. The van der Waals surface area contributed by atoms with E-state index in [9.17, 15) is 18.7 Å². The number of nitrogens with two attached hydrogens (primary N) is 1. The van der Waals surface area contributed by atoms with Gasteiger partial charge in [0.2, 0.25) is 0 Å². The number of pyridine rings is 2. The lowest BCUT2D eigenvalue weighted by Crippen LogP contribution is -2.30. The van der Waals surface area contributed by atoms with Crippen molar-refractivity contribution in [3.63, 3.8) is 0 Å². The summed E-state index contributed by atoms with van der Waals surface area (Å²) in [6.07, 6.45) is 1.25. The summed E-state index contributed by atoms with van der Waals surface area (Å²) in [5, 5.41) is 9.36. The van der Waals surface area contributed by atoms with E-state index in [1.165, 1.54) is 24.3 Å². The lowest BCUT2D eigenvalue weighted by Gasteiger charge is -2.15. The maximum Gasteiger partial charge on any atom is 0.340 e. The van der Waals surface area contributed by atoms with Gasteiger partial charge in [0.15, 0.2) is 11.0 Å². The number of nitrogens with zero attached hydrogens (tertiary/aromatic N) is 2. The molecule has 3 aromatic rings. The van der Waals surface area contributed by atoms with E-state index in [0.717, 1.165) is 12.3 Å². The first-order valence-electron chi connectivity index (χ1n) is 7.86. The van der Waals surface area contributed by atoms with Crippen molar-refractivity contribution >= 4 is 28.5 Å². The zero-order valence-corrected chi connectivity index (χ0v) is 14.6. The van der Waals surface area contributed by atoms with Gasteiger partial charge in [-0.2, -0.15) is 0 Å². The van der Waals surface area contributed by atoms with Gasteiger partial charge >= 0.3 is 5.97 Å². The number of ether oxygens (including phenoxy) is 1. The fraction of sp³-hybridized carbons (Fsp3) is 0.167. The zero-order chi connectivity index (χ0) is 19.6. The third kappa shape index (κ3) is 4.29. The number of aromatic nitrogens is 2. The molecule has 0 fully saturated rings. The number of carbonyl (C=O) groups is 1. The van der Waals surface area contributed by atoms with E-state index in [1.54, 1.807) is 0 Å². The van der Waals surface area contributed by atoms with Crippen LogP contribution in [-0.2, 0) is 6.42 Å². The quantitative estimate of drug-likeness (QED) is 0.624. The highest BCUT2D eigenvalue weighted by molar-refractivity contribution is 6.29. The third-order valence-electron chi connectivity index (χ3n) is 3.79. The zero-order valence-electron chi connectivity index (χ0n) is 13.8.